The van der Waals surface area contributed by atoms with Gasteiger partial charge in [0.05, 0.1) is 23.7 Å². The first-order chi connectivity index (χ1) is 17.8. The number of nitrogens with one attached hydrogen (secondary N) is 2. The number of nitrogens with zero attached hydrogens (tertiary/aromatic N) is 3. The molecule has 0 aliphatic rings. The predicted molar refractivity (Wildman–Crippen MR) is 146 cm³/mol. The molecule has 0 unspecified atom stereocenters. The number of amides is 1. The maximum Gasteiger partial charge on any atom is 0.251 e. The molecule has 9 nitrogen and oxygen atoms in total. The van der Waals surface area contributed by atoms with Crippen molar-refractivity contribution in [3.05, 3.63) is 71.6 Å². The van der Waals surface area contributed by atoms with Gasteiger partial charge in [0, 0.05) is 47.4 Å². The number of aromatic amines is 1. The third-order valence-corrected chi connectivity index (χ3v) is 6.01. The van der Waals surface area contributed by atoms with Gasteiger partial charge in [0.2, 0.25) is 5.88 Å². The predicted octanol–water partition coefficient (Wildman–Crippen LogP) is 4.45. The number of H-pyrrole nitrogens is 1. The van der Waals surface area contributed by atoms with E-state index in [0.717, 1.165) is 22.4 Å². The molecule has 0 saturated heterocycles. The monoisotopic (exact) mass is 498 g/mol. The quantitative estimate of drug-likeness (QED) is 0.265. The number of phenolic OH excluding ortho intramolecular Hbond substituents is 1. The largest absolute Gasteiger partial charge is 0.507 e. The lowest BCUT2D eigenvalue weighted by molar-refractivity contribution is 0.0957. The summed E-state index contributed by atoms with van der Waals surface area (Å²) >= 11 is 0. The van der Waals surface area contributed by atoms with Crippen molar-refractivity contribution in [2.24, 2.45) is 10.7 Å². The van der Waals surface area contributed by atoms with E-state index in [4.69, 9.17) is 10.5 Å². The Morgan fingerprint density at radius 3 is 2.70 bits per heavy atom. The van der Waals surface area contributed by atoms with Crippen molar-refractivity contribution in [1.29, 1.82) is 0 Å². The first-order valence-corrected chi connectivity index (χ1v) is 11.9. The average molecular weight is 499 g/mol. The van der Waals surface area contributed by atoms with Crippen LogP contribution in [0.4, 0.5) is 0 Å². The lowest BCUT2D eigenvalue weighted by atomic mass is 10.0. The molecule has 0 radical (unpaired) electrons. The molecule has 2 aromatic carbocycles. The van der Waals surface area contributed by atoms with Crippen LogP contribution in [0.15, 0.2) is 71.0 Å². The second-order valence-electron chi connectivity index (χ2n) is 8.51. The summed E-state index contributed by atoms with van der Waals surface area (Å²) in [6.07, 6.45) is 1.66. The average Bonchev–Trinajstić information content (AvgIpc) is 3.32. The van der Waals surface area contributed by atoms with Crippen LogP contribution < -0.4 is 15.8 Å². The summed E-state index contributed by atoms with van der Waals surface area (Å²) in [7, 11) is 1.56. The summed E-state index contributed by atoms with van der Waals surface area (Å²) in [5.41, 5.74) is 12.2. The highest BCUT2D eigenvalue weighted by Gasteiger charge is 2.16. The third kappa shape index (κ3) is 5.45. The van der Waals surface area contributed by atoms with Crippen molar-refractivity contribution in [3.63, 3.8) is 0 Å². The molecule has 2 aromatic heterocycles. The number of benzene rings is 2. The number of rotatable bonds is 8. The van der Waals surface area contributed by atoms with Gasteiger partial charge in [-0.05, 0) is 68.8 Å². The van der Waals surface area contributed by atoms with E-state index in [1.54, 1.807) is 50.6 Å². The summed E-state index contributed by atoms with van der Waals surface area (Å²) in [4.78, 5) is 29.4. The van der Waals surface area contributed by atoms with Crippen LogP contribution in [0, 0.1) is 0 Å². The number of aromatic hydroxyl groups is 1. The summed E-state index contributed by atoms with van der Waals surface area (Å²) < 4.78 is 5.38. The number of carbonyl (C=O) groups is 1. The Kier molecular flexibility index (Phi) is 7.52. The van der Waals surface area contributed by atoms with Crippen LogP contribution in [0.25, 0.3) is 33.5 Å². The summed E-state index contributed by atoms with van der Waals surface area (Å²) in [6, 6.07) is 14.2. The molecular formula is C28H30N6O3. The molecule has 0 fully saturated rings. The minimum absolute atomic E-state index is 0.0733. The number of imidazole rings is 1. The summed E-state index contributed by atoms with van der Waals surface area (Å²) in [5.74, 6) is 0.794. The number of phenols is 1. The number of ether oxygens (including phenoxy) is 1. The van der Waals surface area contributed by atoms with Crippen LogP contribution in [-0.2, 0) is 0 Å². The van der Waals surface area contributed by atoms with Crippen LogP contribution in [0.2, 0.25) is 0 Å². The van der Waals surface area contributed by atoms with E-state index in [9.17, 15) is 9.90 Å². The van der Waals surface area contributed by atoms with E-state index in [1.807, 2.05) is 32.0 Å². The van der Waals surface area contributed by atoms with Gasteiger partial charge in [-0.25, -0.2) is 9.97 Å². The summed E-state index contributed by atoms with van der Waals surface area (Å²) in [5, 5.41) is 13.5. The second kappa shape index (κ2) is 10.9. The van der Waals surface area contributed by atoms with Crippen molar-refractivity contribution >= 4 is 22.7 Å². The molecule has 0 saturated carbocycles. The number of allylic oxidation sites excluding steroid dienone is 1. The Morgan fingerprint density at radius 1 is 1.16 bits per heavy atom. The molecule has 0 atom stereocenters. The molecule has 0 bridgehead atoms. The Balaban J connectivity index is 1.61. The van der Waals surface area contributed by atoms with Gasteiger partial charge >= 0.3 is 0 Å². The van der Waals surface area contributed by atoms with Crippen LogP contribution in [0.1, 0.15) is 31.1 Å². The highest BCUT2D eigenvalue weighted by Crippen LogP contribution is 2.35. The molecule has 0 aliphatic carbocycles. The molecule has 1 amide bonds. The number of hydrogen-bond acceptors (Lipinski definition) is 7. The zero-order chi connectivity index (χ0) is 26.5. The van der Waals surface area contributed by atoms with Gasteiger partial charge in [0.25, 0.3) is 5.91 Å². The van der Waals surface area contributed by atoms with Gasteiger partial charge in [-0.15, -0.1) is 0 Å². The van der Waals surface area contributed by atoms with E-state index < -0.39 is 0 Å². The Morgan fingerprint density at radius 2 is 1.97 bits per heavy atom. The Labute approximate surface area is 215 Å². The number of methoxy groups -OCH3 is 1. The fourth-order valence-corrected chi connectivity index (χ4v) is 4.10. The molecule has 4 aromatic rings. The van der Waals surface area contributed by atoms with Crippen LogP contribution in [-0.4, -0.2) is 51.9 Å². The van der Waals surface area contributed by atoms with Crippen molar-refractivity contribution in [1.82, 2.24) is 20.3 Å². The zero-order valence-corrected chi connectivity index (χ0v) is 21.3. The third-order valence-electron chi connectivity index (χ3n) is 6.01. The van der Waals surface area contributed by atoms with Crippen LogP contribution >= 0.6 is 0 Å². The number of nitrogens with two attached hydrogens (primary N) is 1. The SMILES string of the molecule is CCN=C(C)C(CNC(=O)c1ccc2nc(-c3cc(-c4cccnc4OC)ccc3O)[nH]c2c1)=C(C)N. The van der Waals surface area contributed by atoms with E-state index in [2.05, 4.69) is 25.3 Å². The Hall–Kier alpha value is -4.66. The zero-order valence-electron chi connectivity index (χ0n) is 21.3. The minimum Gasteiger partial charge on any atom is -0.507 e. The lowest BCUT2D eigenvalue weighted by Crippen LogP contribution is -2.28. The van der Waals surface area contributed by atoms with Crippen molar-refractivity contribution < 1.29 is 14.6 Å². The van der Waals surface area contributed by atoms with Gasteiger partial charge in [-0.1, -0.05) is 6.07 Å². The fraction of sp³-hybridized carbons (Fsp3) is 0.214. The molecule has 0 aliphatic heterocycles. The molecule has 190 valence electrons. The van der Waals surface area contributed by atoms with Crippen molar-refractivity contribution in [2.75, 3.05) is 20.2 Å². The second-order valence-corrected chi connectivity index (χ2v) is 8.51. The van der Waals surface area contributed by atoms with Gasteiger partial charge in [0.15, 0.2) is 0 Å². The molecule has 4 rings (SSSR count). The Bertz CT molecular complexity index is 1520. The van der Waals surface area contributed by atoms with Crippen molar-refractivity contribution in [3.8, 4) is 34.1 Å². The minimum atomic E-state index is -0.241. The maximum atomic E-state index is 12.9. The standard InChI is InChI=1S/C28H30N6O3/c1-5-30-17(3)22(16(2)29)15-32-27(36)19-8-10-23-24(14-19)34-26(33-23)21-13-18(9-11-25(21)35)20-7-6-12-31-28(20)37-4/h6-14,35H,5,15,29H2,1-4H3,(H,32,36)(H,33,34). The molecule has 2 heterocycles. The van der Waals surface area contributed by atoms with Gasteiger partial charge in [-0.3, -0.25) is 9.79 Å². The van der Waals surface area contributed by atoms with Gasteiger partial charge in [-0.2, -0.15) is 0 Å². The molecule has 5 N–H and O–H groups in total. The lowest BCUT2D eigenvalue weighted by Gasteiger charge is -2.11. The van der Waals surface area contributed by atoms with E-state index in [-0.39, 0.29) is 18.2 Å². The molecule has 0 spiro atoms. The van der Waals surface area contributed by atoms with Crippen LogP contribution in [0.3, 0.4) is 0 Å². The number of aliphatic imine (C=N–C) groups is 1. The highest BCUT2D eigenvalue weighted by atomic mass is 16.5. The van der Waals surface area contributed by atoms with E-state index in [1.165, 1.54) is 0 Å². The maximum absolute atomic E-state index is 12.9. The number of fused-ring (bicyclic) bond motifs is 1. The molecule has 37 heavy (non-hydrogen) atoms. The van der Waals surface area contributed by atoms with Gasteiger partial charge < -0.3 is 25.9 Å². The number of hydrogen-bond donors (Lipinski definition) is 4. The number of aromatic nitrogens is 3. The normalized spacial score (nSPS) is 12.4. The smallest absolute Gasteiger partial charge is 0.251 e. The van der Waals surface area contributed by atoms with E-state index in [0.29, 0.717) is 46.1 Å². The van der Waals surface area contributed by atoms with Crippen molar-refractivity contribution in [2.45, 2.75) is 20.8 Å². The first-order valence-electron chi connectivity index (χ1n) is 11.9. The molecule has 9 heteroatoms. The first kappa shape index (κ1) is 25.4. The molecular weight excluding hydrogens is 468 g/mol. The number of pyridine rings is 1. The summed E-state index contributed by atoms with van der Waals surface area (Å²) in [6.45, 7) is 6.55. The number of carbonyl (C=O) groups excluding carboxylic acids is 1. The fourth-order valence-electron chi connectivity index (χ4n) is 4.10. The van der Waals surface area contributed by atoms with E-state index >= 15 is 0 Å². The van der Waals surface area contributed by atoms with Gasteiger partial charge in [0.1, 0.15) is 11.6 Å². The topological polar surface area (TPSA) is 139 Å². The van der Waals surface area contributed by atoms with Crippen LogP contribution in [0.5, 0.6) is 11.6 Å². The highest BCUT2D eigenvalue weighted by molar-refractivity contribution is 6.01.